The van der Waals surface area contributed by atoms with Crippen molar-refractivity contribution in [3.63, 3.8) is 0 Å². The van der Waals surface area contributed by atoms with Gasteiger partial charge in [-0.15, -0.1) is 0 Å². The van der Waals surface area contributed by atoms with Crippen LogP contribution in [0.2, 0.25) is 5.02 Å². The third kappa shape index (κ3) is 2.80. The lowest BCUT2D eigenvalue weighted by Gasteiger charge is -2.38. The lowest BCUT2D eigenvalue weighted by Crippen LogP contribution is -2.63. The molecule has 2 unspecified atom stereocenters. The molecule has 1 aromatic carbocycles. The number of hydrogen-bond acceptors (Lipinski definition) is 2. The summed E-state index contributed by atoms with van der Waals surface area (Å²) in [7, 11) is 0. The van der Waals surface area contributed by atoms with Crippen molar-refractivity contribution >= 4 is 29.1 Å². The molecule has 0 spiro atoms. The van der Waals surface area contributed by atoms with Gasteiger partial charge in [-0.1, -0.05) is 31.9 Å². The molecule has 1 aromatic rings. The van der Waals surface area contributed by atoms with Crippen LogP contribution in [0.1, 0.15) is 33.1 Å². The molecule has 1 N–H and O–H groups in total. The molecule has 0 saturated carbocycles. The number of carbonyl (C=O) groups excluding carboxylic acids is 2. The first-order valence-corrected chi connectivity index (χ1v) is 7.35. The van der Waals surface area contributed by atoms with Crippen LogP contribution < -0.4 is 10.2 Å². The van der Waals surface area contributed by atoms with Gasteiger partial charge in [0.05, 0.1) is 0 Å². The maximum Gasteiger partial charge on any atom is 0.250 e. The van der Waals surface area contributed by atoms with Crippen molar-refractivity contribution in [2.45, 2.75) is 45.2 Å². The molecule has 0 aliphatic carbocycles. The summed E-state index contributed by atoms with van der Waals surface area (Å²) in [5.41, 5.74) is 0.724. The molecule has 1 saturated heterocycles. The lowest BCUT2D eigenvalue weighted by atomic mass is 10.0. The van der Waals surface area contributed by atoms with Crippen LogP contribution in [0, 0.1) is 0 Å². The molecule has 2 atom stereocenters. The van der Waals surface area contributed by atoms with E-state index in [-0.39, 0.29) is 11.8 Å². The fraction of sp³-hybridized carbons (Fsp3) is 0.467. The fourth-order valence-corrected chi connectivity index (χ4v) is 2.66. The van der Waals surface area contributed by atoms with Gasteiger partial charge in [0.2, 0.25) is 11.8 Å². The number of piperazine rings is 1. The Bertz CT molecular complexity index is 501. The summed E-state index contributed by atoms with van der Waals surface area (Å²) in [5.74, 6) is -0.124. The standard InChI is InChI=1S/C15H19ClN2O2/c1-3-5-12-15(20)18(13(4-2)14(19)17-12)11-8-6-10(16)7-9-11/h6-9,12-13H,3-5H2,1-2H3,(H,17,19). The van der Waals surface area contributed by atoms with Gasteiger partial charge in [-0.3, -0.25) is 14.5 Å². The Labute approximate surface area is 124 Å². The van der Waals surface area contributed by atoms with E-state index in [0.29, 0.717) is 17.9 Å². The summed E-state index contributed by atoms with van der Waals surface area (Å²) < 4.78 is 0. The third-order valence-electron chi connectivity index (χ3n) is 3.54. The average Bonchev–Trinajstić information content (AvgIpc) is 2.43. The van der Waals surface area contributed by atoms with E-state index in [0.717, 1.165) is 12.1 Å². The largest absolute Gasteiger partial charge is 0.342 e. The zero-order chi connectivity index (χ0) is 14.7. The highest BCUT2D eigenvalue weighted by Gasteiger charge is 2.39. The van der Waals surface area contributed by atoms with Crippen molar-refractivity contribution < 1.29 is 9.59 Å². The van der Waals surface area contributed by atoms with Crippen LogP contribution in [0.25, 0.3) is 0 Å². The van der Waals surface area contributed by atoms with Gasteiger partial charge in [0.15, 0.2) is 0 Å². The van der Waals surface area contributed by atoms with Gasteiger partial charge >= 0.3 is 0 Å². The van der Waals surface area contributed by atoms with E-state index in [2.05, 4.69) is 5.32 Å². The van der Waals surface area contributed by atoms with E-state index in [1.807, 2.05) is 13.8 Å². The van der Waals surface area contributed by atoms with Gasteiger partial charge in [-0.25, -0.2) is 0 Å². The Hall–Kier alpha value is -1.55. The molecule has 0 radical (unpaired) electrons. The van der Waals surface area contributed by atoms with E-state index in [4.69, 9.17) is 11.6 Å². The van der Waals surface area contributed by atoms with Crippen LogP contribution in [0.15, 0.2) is 24.3 Å². The van der Waals surface area contributed by atoms with E-state index < -0.39 is 12.1 Å². The summed E-state index contributed by atoms with van der Waals surface area (Å²) >= 11 is 5.88. The molecule has 1 aliphatic heterocycles. The maximum atomic E-state index is 12.6. The minimum absolute atomic E-state index is 0.0411. The SMILES string of the molecule is CCCC1NC(=O)C(CC)N(c2ccc(Cl)cc2)C1=O. The van der Waals surface area contributed by atoms with Crippen molar-refractivity contribution in [3.05, 3.63) is 29.3 Å². The van der Waals surface area contributed by atoms with Crippen LogP contribution in [0.3, 0.4) is 0 Å². The summed E-state index contributed by atoms with van der Waals surface area (Å²) in [6.45, 7) is 3.90. The van der Waals surface area contributed by atoms with Crippen molar-refractivity contribution in [1.29, 1.82) is 0 Å². The first-order chi connectivity index (χ1) is 9.58. The fourth-order valence-electron chi connectivity index (χ4n) is 2.53. The zero-order valence-corrected chi connectivity index (χ0v) is 12.5. The predicted molar refractivity (Wildman–Crippen MR) is 79.9 cm³/mol. The number of anilines is 1. The summed E-state index contributed by atoms with van der Waals surface area (Å²) in [4.78, 5) is 26.4. The van der Waals surface area contributed by atoms with Crippen LogP contribution >= 0.6 is 11.6 Å². The number of benzene rings is 1. The molecule has 4 nitrogen and oxygen atoms in total. The highest BCUT2D eigenvalue weighted by molar-refractivity contribution is 6.30. The highest BCUT2D eigenvalue weighted by atomic mass is 35.5. The molecule has 1 heterocycles. The zero-order valence-electron chi connectivity index (χ0n) is 11.7. The first-order valence-electron chi connectivity index (χ1n) is 6.97. The topological polar surface area (TPSA) is 49.4 Å². The molecule has 2 amide bonds. The Balaban J connectivity index is 2.35. The quantitative estimate of drug-likeness (QED) is 0.928. The van der Waals surface area contributed by atoms with E-state index >= 15 is 0 Å². The second kappa shape index (κ2) is 6.27. The molecule has 108 valence electrons. The molecule has 0 bridgehead atoms. The number of rotatable bonds is 4. The molecule has 5 heteroatoms. The van der Waals surface area contributed by atoms with Crippen molar-refractivity contribution in [1.82, 2.24) is 5.32 Å². The number of amides is 2. The van der Waals surface area contributed by atoms with E-state index in [1.165, 1.54) is 0 Å². The minimum Gasteiger partial charge on any atom is -0.342 e. The van der Waals surface area contributed by atoms with Gasteiger partial charge in [-0.2, -0.15) is 0 Å². The third-order valence-corrected chi connectivity index (χ3v) is 3.79. The maximum absolute atomic E-state index is 12.6. The molecule has 20 heavy (non-hydrogen) atoms. The van der Waals surface area contributed by atoms with Gasteiger partial charge in [-0.05, 0) is 37.1 Å². The smallest absolute Gasteiger partial charge is 0.250 e. The van der Waals surface area contributed by atoms with Crippen molar-refractivity contribution in [2.24, 2.45) is 0 Å². The highest BCUT2D eigenvalue weighted by Crippen LogP contribution is 2.25. The Morgan fingerprint density at radius 2 is 1.85 bits per heavy atom. The van der Waals surface area contributed by atoms with Gasteiger partial charge in [0.1, 0.15) is 12.1 Å². The Morgan fingerprint density at radius 3 is 2.40 bits per heavy atom. The van der Waals surface area contributed by atoms with E-state index in [9.17, 15) is 9.59 Å². The Kier molecular flexibility index (Phi) is 4.65. The summed E-state index contributed by atoms with van der Waals surface area (Å²) in [6, 6.07) is 6.16. The number of halogens is 1. The minimum atomic E-state index is -0.447. The van der Waals surface area contributed by atoms with Gasteiger partial charge in [0.25, 0.3) is 0 Å². The molecular formula is C15H19ClN2O2. The Morgan fingerprint density at radius 1 is 1.20 bits per heavy atom. The lowest BCUT2D eigenvalue weighted by molar-refractivity contribution is -0.134. The number of hydrogen-bond donors (Lipinski definition) is 1. The predicted octanol–water partition coefficient (Wildman–Crippen LogP) is 2.75. The molecular weight excluding hydrogens is 276 g/mol. The van der Waals surface area contributed by atoms with Crippen LogP contribution in [-0.2, 0) is 9.59 Å². The van der Waals surface area contributed by atoms with Crippen LogP contribution in [0.4, 0.5) is 5.69 Å². The average molecular weight is 295 g/mol. The van der Waals surface area contributed by atoms with Crippen LogP contribution in [0.5, 0.6) is 0 Å². The normalized spacial score (nSPS) is 22.9. The molecule has 1 fully saturated rings. The van der Waals surface area contributed by atoms with Gasteiger partial charge < -0.3 is 5.32 Å². The molecule has 1 aliphatic rings. The second-order valence-corrected chi connectivity index (χ2v) is 5.39. The molecule has 0 aromatic heterocycles. The number of nitrogens with zero attached hydrogens (tertiary/aromatic N) is 1. The second-order valence-electron chi connectivity index (χ2n) is 4.96. The monoisotopic (exact) mass is 294 g/mol. The van der Waals surface area contributed by atoms with Crippen LogP contribution in [-0.4, -0.2) is 23.9 Å². The summed E-state index contributed by atoms with van der Waals surface area (Å²) in [6.07, 6.45) is 2.09. The number of carbonyl (C=O) groups is 2. The number of nitrogens with one attached hydrogen (secondary N) is 1. The van der Waals surface area contributed by atoms with Crippen molar-refractivity contribution in [2.75, 3.05) is 4.90 Å². The molecule has 2 rings (SSSR count). The summed E-state index contributed by atoms with van der Waals surface area (Å²) in [5, 5.41) is 3.43. The van der Waals surface area contributed by atoms with Gasteiger partial charge in [0, 0.05) is 10.7 Å². The first kappa shape index (κ1) is 14.9. The van der Waals surface area contributed by atoms with Crippen molar-refractivity contribution in [3.8, 4) is 0 Å². The van der Waals surface area contributed by atoms with E-state index in [1.54, 1.807) is 29.2 Å².